The SMILES string of the molecule is NC(=O)C1(NS(=O)(=O)c2ccc3ccccc3c2)CCCCC1. The van der Waals surface area contributed by atoms with Gasteiger partial charge < -0.3 is 5.73 Å². The molecule has 0 aromatic heterocycles. The van der Waals surface area contributed by atoms with E-state index in [1.54, 1.807) is 18.2 Å². The van der Waals surface area contributed by atoms with Gasteiger partial charge in [-0.05, 0) is 35.7 Å². The minimum absolute atomic E-state index is 0.155. The van der Waals surface area contributed by atoms with Crippen LogP contribution in [0.25, 0.3) is 10.8 Å². The minimum Gasteiger partial charge on any atom is -0.368 e. The lowest BCUT2D eigenvalue weighted by Crippen LogP contribution is -2.58. The number of primary amides is 1. The normalized spacial score (nSPS) is 17.9. The molecule has 0 aliphatic heterocycles. The van der Waals surface area contributed by atoms with Crippen molar-refractivity contribution in [2.24, 2.45) is 5.73 Å². The molecule has 2 aromatic carbocycles. The fourth-order valence-electron chi connectivity index (χ4n) is 3.20. The van der Waals surface area contributed by atoms with Gasteiger partial charge in [0.1, 0.15) is 5.54 Å². The van der Waals surface area contributed by atoms with E-state index in [4.69, 9.17) is 5.73 Å². The van der Waals surface area contributed by atoms with Crippen LogP contribution in [0.3, 0.4) is 0 Å². The average molecular weight is 332 g/mol. The third-order valence-corrected chi connectivity index (χ3v) is 6.07. The molecule has 0 radical (unpaired) electrons. The van der Waals surface area contributed by atoms with E-state index in [1.807, 2.05) is 24.3 Å². The Kier molecular flexibility index (Phi) is 4.12. The van der Waals surface area contributed by atoms with Crippen molar-refractivity contribution in [3.63, 3.8) is 0 Å². The Hall–Kier alpha value is -1.92. The van der Waals surface area contributed by atoms with Gasteiger partial charge in [0.25, 0.3) is 0 Å². The number of fused-ring (bicyclic) bond motifs is 1. The minimum atomic E-state index is -3.81. The molecule has 3 rings (SSSR count). The van der Waals surface area contributed by atoms with Crippen LogP contribution in [0.15, 0.2) is 47.4 Å². The molecule has 0 spiro atoms. The van der Waals surface area contributed by atoms with Gasteiger partial charge in [0, 0.05) is 0 Å². The van der Waals surface area contributed by atoms with Crippen LogP contribution in [0.5, 0.6) is 0 Å². The Labute approximate surface area is 135 Å². The summed E-state index contributed by atoms with van der Waals surface area (Å²) < 4.78 is 28.1. The Morgan fingerprint density at radius 1 is 1.00 bits per heavy atom. The van der Waals surface area contributed by atoms with Crippen molar-refractivity contribution in [3.8, 4) is 0 Å². The van der Waals surface area contributed by atoms with Crippen LogP contribution in [0.4, 0.5) is 0 Å². The van der Waals surface area contributed by atoms with Crippen molar-refractivity contribution < 1.29 is 13.2 Å². The fraction of sp³-hybridized carbons (Fsp3) is 0.353. The first-order valence-corrected chi connectivity index (χ1v) is 9.24. The summed E-state index contributed by atoms with van der Waals surface area (Å²) in [6.45, 7) is 0. The lowest BCUT2D eigenvalue weighted by molar-refractivity contribution is -0.124. The van der Waals surface area contributed by atoms with Gasteiger partial charge in [0.05, 0.1) is 4.90 Å². The molecule has 0 heterocycles. The van der Waals surface area contributed by atoms with Gasteiger partial charge in [-0.1, -0.05) is 49.6 Å². The van der Waals surface area contributed by atoms with E-state index in [2.05, 4.69) is 4.72 Å². The number of nitrogens with two attached hydrogens (primary N) is 1. The van der Waals surface area contributed by atoms with Crippen molar-refractivity contribution >= 4 is 26.7 Å². The quantitative estimate of drug-likeness (QED) is 0.900. The Balaban J connectivity index is 1.97. The van der Waals surface area contributed by atoms with Crippen molar-refractivity contribution in [1.29, 1.82) is 0 Å². The first-order chi connectivity index (χ1) is 10.9. The Morgan fingerprint density at radius 3 is 2.30 bits per heavy atom. The van der Waals surface area contributed by atoms with Gasteiger partial charge in [-0.25, -0.2) is 8.42 Å². The lowest BCUT2D eigenvalue weighted by atomic mass is 9.82. The van der Waals surface area contributed by atoms with E-state index in [-0.39, 0.29) is 4.90 Å². The third kappa shape index (κ3) is 3.09. The molecule has 0 atom stereocenters. The number of carbonyl (C=O) groups excluding carboxylic acids is 1. The van der Waals surface area contributed by atoms with Crippen molar-refractivity contribution in [3.05, 3.63) is 42.5 Å². The first-order valence-electron chi connectivity index (χ1n) is 7.76. The molecular weight excluding hydrogens is 312 g/mol. The summed E-state index contributed by atoms with van der Waals surface area (Å²) in [6, 6.07) is 12.5. The van der Waals surface area contributed by atoms with Gasteiger partial charge in [-0.15, -0.1) is 0 Å². The molecule has 1 amide bonds. The second-order valence-corrected chi connectivity index (χ2v) is 7.80. The molecule has 1 saturated carbocycles. The number of hydrogen-bond donors (Lipinski definition) is 2. The summed E-state index contributed by atoms with van der Waals surface area (Å²) in [6.07, 6.45) is 3.49. The predicted octanol–water partition coefficient (Wildman–Crippen LogP) is 2.31. The van der Waals surface area contributed by atoms with E-state index in [9.17, 15) is 13.2 Å². The maximum Gasteiger partial charge on any atom is 0.241 e. The number of sulfonamides is 1. The number of hydrogen-bond acceptors (Lipinski definition) is 3. The lowest BCUT2D eigenvalue weighted by Gasteiger charge is -2.34. The van der Waals surface area contributed by atoms with E-state index < -0.39 is 21.5 Å². The first kappa shape index (κ1) is 16.0. The molecule has 1 aliphatic carbocycles. The van der Waals surface area contributed by atoms with Crippen LogP contribution in [0.1, 0.15) is 32.1 Å². The number of carbonyl (C=O) groups is 1. The van der Waals surface area contributed by atoms with Crippen LogP contribution in [0.2, 0.25) is 0 Å². The zero-order valence-corrected chi connectivity index (χ0v) is 13.6. The molecule has 3 N–H and O–H groups in total. The highest BCUT2D eigenvalue weighted by atomic mass is 32.2. The number of nitrogens with one attached hydrogen (secondary N) is 1. The summed E-state index contributed by atoms with van der Waals surface area (Å²) in [4.78, 5) is 12.0. The van der Waals surface area contributed by atoms with E-state index in [0.717, 1.165) is 30.0 Å². The number of rotatable bonds is 4. The number of amides is 1. The van der Waals surface area contributed by atoms with Crippen molar-refractivity contribution in [2.45, 2.75) is 42.5 Å². The molecule has 1 fully saturated rings. The van der Waals surface area contributed by atoms with Crippen LogP contribution in [0, 0.1) is 0 Å². The highest BCUT2D eigenvalue weighted by Crippen LogP contribution is 2.30. The van der Waals surface area contributed by atoms with Gasteiger partial charge >= 0.3 is 0 Å². The maximum absolute atomic E-state index is 12.7. The summed E-state index contributed by atoms with van der Waals surface area (Å²) in [5.41, 5.74) is 4.35. The van der Waals surface area contributed by atoms with E-state index >= 15 is 0 Å². The molecule has 5 nitrogen and oxygen atoms in total. The highest BCUT2D eigenvalue weighted by Gasteiger charge is 2.41. The fourth-order valence-corrected chi connectivity index (χ4v) is 4.67. The molecule has 122 valence electrons. The largest absolute Gasteiger partial charge is 0.368 e. The molecule has 0 saturated heterocycles. The Bertz CT molecular complexity index is 840. The number of benzene rings is 2. The Morgan fingerprint density at radius 2 is 1.65 bits per heavy atom. The maximum atomic E-state index is 12.7. The van der Waals surface area contributed by atoms with Crippen LogP contribution >= 0.6 is 0 Å². The second-order valence-electron chi connectivity index (χ2n) is 6.12. The molecule has 23 heavy (non-hydrogen) atoms. The van der Waals surface area contributed by atoms with Gasteiger partial charge in [-0.3, -0.25) is 4.79 Å². The van der Waals surface area contributed by atoms with Crippen molar-refractivity contribution in [1.82, 2.24) is 4.72 Å². The summed E-state index contributed by atoms with van der Waals surface area (Å²) in [7, 11) is -3.81. The van der Waals surface area contributed by atoms with Crippen LogP contribution in [-0.2, 0) is 14.8 Å². The van der Waals surface area contributed by atoms with E-state index in [1.165, 1.54) is 0 Å². The molecule has 1 aliphatic rings. The topological polar surface area (TPSA) is 89.3 Å². The zero-order valence-electron chi connectivity index (χ0n) is 12.8. The van der Waals surface area contributed by atoms with Gasteiger partial charge in [-0.2, -0.15) is 4.72 Å². The zero-order chi connectivity index (χ0) is 16.5. The van der Waals surface area contributed by atoms with Gasteiger partial charge in [0.15, 0.2) is 0 Å². The van der Waals surface area contributed by atoms with Crippen LogP contribution < -0.4 is 10.5 Å². The van der Waals surface area contributed by atoms with Crippen LogP contribution in [-0.4, -0.2) is 19.9 Å². The molecular formula is C17H20N2O3S. The summed E-state index contributed by atoms with van der Waals surface area (Å²) in [5, 5.41) is 1.81. The molecule has 0 unspecified atom stereocenters. The van der Waals surface area contributed by atoms with E-state index in [0.29, 0.717) is 12.8 Å². The van der Waals surface area contributed by atoms with Crippen molar-refractivity contribution in [2.75, 3.05) is 0 Å². The average Bonchev–Trinajstić information content (AvgIpc) is 2.54. The smallest absolute Gasteiger partial charge is 0.241 e. The molecule has 0 bridgehead atoms. The standard InChI is InChI=1S/C17H20N2O3S/c18-16(20)17(10-4-1-5-11-17)19-23(21,22)15-9-8-13-6-2-3-7-14(13)12-15/h2-3,6-9,12,19H,1,4-5,10-11H2,(H2,18,20). The van der Waals surface area contributed by atoms with Gasteiger partial charge in [0.2, 0.25) is 15.9 Å². The molecule has 2 aromatic rings. The third-order valence-electron chi connectivity index (χ3n) is 4.54. The molecule has 6 heteroatoms. The monoisotopic (exact) mass is 332 g/mol. The highest BCUT2D eigenvalue weighted by molar-refractivity contribution is 7.89. The predicted molar refractivity (Wildman–Crippen MR) is 89.3 cm³/mol. The second kappa shape index (κ2) is 5.94. The summed E-state index contributed by atoms with van der Waals surface area (Å²) >= 11 is 0. The summed E-state index contributed by atoms with van der Waals surface area (Å²) in [5.74, 6) is -0.596.